The monoisotopic (exact) mass is 448 g/mol. The predicted octanol–water partition coefficient (Wildman–Crippen LogP) is 4.42. The SMILES string of the molecule is O=C(O)c1ccc(N2CCC(OCCOc3cccc(OCc4ccccc4)c3)CC2)nc1. The van der Waals surface area contributed by atoms with Gasteiger partial charge in [0.2, 0.25) is 0 Å². The Morgan fingerprint density at radius 1 is 0.939 bits per heavy atom. The van der Waals surface area contributed by atoms with Crippen LogP contribution in [0.15, 0.2) is 72.9 Å². The van der Waals surface area contributed by atoms with Gasteiger partial charge in [-0.05, 0) is 42.7 Å². The molecular formula is C26H28N2O5. The Morgan fingerprint density at radius 3 is 2.39 bits per heavy atom. The highest BCUT2D eigenvalue weighted by Gasteiger charge is 2.20. The summed E-state index contributed by atoms with van der Waals surface area (Å²) >= 11 is 0. The average Bonchev–Trinajstić information content (AvgIpc) is 2.87. The van der Waals surface area contributed by atoms with Crippen LogP contribution in [-0.4, -0.2) is 48.5 Å². The standard InChI is InChI=1S/C26H28N2O5/c29-26(30)21-9-10-25(27-18-21)28-13-11-22(12-14-28)31-15-16-32-23-7-4-8-24(17-23)33-19-20-5-2-1-3-6-20/h1-10,17-18,22H,11-16,19H2,(H,29,30). The van der Waals surface area contributed by atoms with Crippen molar-refractivity contribution in [3.05, 3.63) is 84.1 Å². The molecule has 0 aliphatic carbocycles. The number of benzene rings is 2. The van der Waals surface area contributed by atoms with Gasteiger partial charge < -0.3 is 24.2 Å². The maximum Gasteiger partial charge on any atom is 0.337 e. The maximum atomic E-state index is 11.0. The van der Waals surface area contributed by atoms with Crippen molar-refractivity contribution < 1.29 is 24.1 Å². The Kier molecular flexibility index (Phi) is 7.76. The van der Waals surface area contributed by atoms with Crippen LogP contribution in [0.3, 0.4) is 0 Å². The highest BCUT2D eigenvalue weighted by atomic mass is 16.5. The van der Waals surface area contributed by atoms with Gasteiger partial charge in [-0.1, -0.05) is 36.4 Å². The van der Waals surface area contributed by atoms with Crippen LogP contribution in [0.2, 0.25) is 0 Å². The molecule has 33 heavy (non-hydrogen) atoms. The van der Waals surface area contributed by atoms with Crippen molar-refractivity contribution in [1.29, 1.82) is 0 Å². The molecule has 1 saturated heterocycles. The van der Waals surface area contributed by atoms with Gasteiger partial charge in [-0.3, -0.25) is 0 Å². The minimum atomic E-state index is -0.963. The number of carbonyl (C=O) groups is 1. The molecule has 0 unspecified atom stereocenters. The Labute approximate surface area is 193 Å². The molecule has 172 valence electrons. The summed E-state index contributed by atoms with van der Waals surface area (Å²) in [6.45, 7) is 3.16. The van der Waals surface area contributed by atoms with E-state index in [4.69, 9.17) is 19.3 Å². The summed E-state index contributed by atoms with van der Waals surface area (Å²) < 4.78 is 17.7. The highest BCUT2D eigenvalue weighted by Crippen LogP contribution is 2.22. The maximum absolute atomic E-state index is 11.0. The molecule has 3 aromatic rings. The lowest BCUT2D eigenvalue weighted by Gasteiger charge is -2.32. The van der Waals surface area contributed by atoms with Crippen LogP contribution >= 0.6 is 0 Å². The minimum absolute atomic E-state index is 0.184. The van der Waals surface area contributed by atoms with E-state index < -0.39 is 5.97 Å². The van der Waals surface area contributed by atoms with Gasteiger partial charge in [-0.2, -0.15) is 0 Å². The number of nitrogens with zero attached hydrogens (tertiary/aromatic N) is 2. The van der Waals surface area contributed by atoms with Crippen LogP contribution in [0.25, 0.3) is 0 Å². The summed E-state index contributed by atoms with van der Waals surface area (Å²) in [5, 5.41) is 8.99. The number of carboxylic acid groups (broad SMARTS) is 1. The van der Waals surface area contributed by atoms with Crippen LogP contribution in [0, 0.1) is 0 Å². The molecule has 1 aromatic heterocycles. The number of aromatic carboxylic acids is 1. The zero-order valence-corrected chi connectivity index (χ0v) is 18.4. The van der Waals surface area contributed by atoms with Crippen LogP contribution in [0.5, 0.6) is 11.5 Å². The second-order valence-electron chi connectivity index (χ2n) is 7.87. The molecule has 4 rings (SSSR count). The van der Waals surface area contributed by atoms with Crippen LogP contribution in [0.1, 0.15) is 28.8 Å². The lowest BCUT2D eigenvalue weighted by atomic mass is 10.1. The molecule has 7 nitrogen and oxygen atoms in total. The predicted molar refractivity (Wildman–Crippen MR) is 125 cm³/mol. The Bertz CT molecular complexity index is 1020. The van der Waals surface area contributed by atoms with Crippen LogP contribution < -0.4 is 14.4 Å². The Balaban J connectivity index is 1.15. The average molecular weight is 449 g/mol. The van der Waals surface area contributed by atoms with E-state index in [1.54, 1.807) is 12.1 Å². The van der Waals surface area contributed by atoms with Crippen LogP contribution in [-0.2, 0) is 11.3 Å². The molecule has 7 heteroatoms. The summed E-state index contributed by atoms with van der Waals surface area (Å²) in [5.74, 6) is 1.37. The largest absolute Gasteiger partial charge is 0.491 e. The molecule has 0 radical (unpaired) electrons. The molecule has 1 fully saturated rings. The second kappa shape index (κ2) is 11.3. The molecular weight excluding hydrogens is 420 g/mol. The fourth-order valence-electron chi connectivity index (χ4n) is 3.72. The summed E-state index contributed by atoms with van der Waals surface area (Å²) in [4.78, 5) is 17.4. The molecule has 2 aromatic carbocycles. The first kappa shape index (κ1) is 22.6. The van der Waals surface area contributed by atoms with Crippen molar-refractivity contribution in [3.63, 3.8) is 0 Å². The number of ether oxygens (including phenoxy) is 3. The van der Waals surface area contributed by atoms with E-state index in [0.29, 0.717) is 19.8 Å². The lowest BCUT2D eigenvalue weighted by molar-refractivity contribution is 0.0202. The van der Waals surface area contributed by atoms with E-state index in [9.17, 15) is 4.79 Å². The van der Waals surface area contributed by atoms with E-state index in [-0.39, 0.29) is 11.7 Å². The number of hydrogen-bond acceptors (Lipinski definition) is 6. The number of rotatable bonds is 10. The third-order valence-corrected chi connectivity index (χ3v) is 5.52. The normalized spacial score (nSPS) is 14.1. The number of aromatic nitrogens is 1. The molecule has 0 atom stereocenters. The molecule has 2 heterocycles. The third kappa shape index (κ3) is 6.70. The zero-order chi connectivity index (χ0) is 22.9. The zero-order valence-electron chi connectivity index (χ0n) is 18.4. The van der Waals surface area contributed by atoms with Crippen molar-refractivity contribution in [2.24, 2.45) is 0 Å². The number of piperidine rings is 1. The van der Waals surface area contributed by atoms with Crippen LogP contribution in [0.4, 0.5) is 5.82 Å². The first-order chi connectivity index (χ1) is 16.2. The van der Waals surface area contributed by atoms with Crippen molar-refractivity contribution in [3.8, 4) is 11.5 Å². The summed E-state index contributed by atoms with van der Waals surface area (Å²) in [5.41, 5.74) is 1.32. The van der Waals surface area contributed by atoms with E-state index in [1.165, 1.54) is 6.20 Å². The molecule has 0 amide bonds. The summed E-state index contributed by atoms with van der Waals surface area (Å²) in [6, 6.07) is 21.1. The molecule has 1 N–H and O–H groups in total. The van der Waals surface area contributed by atoms with Gasteiger partial charge in [0.1, 0.15) is 30.5 Å². The van der Waals surface area contributed by atoms with Gasteiger partial charge in [-0.15, -0.1) is 0 Å². The Morgan fingerprint density at radius 2 is 1.70 bits per heavy atom. The quantitative estimate of drug-likeness (QED) is 0.460. The van der Waals surface area contributed by atoms with Gasteiger partial charge in [0.25, 0.3) is 0 Å². The molecule has 1 aliphatic rings. The third-order valence-electron chi connectivity index (χ3n) is 5.52. The smallest absolute Gasteiger partial charge is 0.337 e. The number of anilines is 1. The number of hydrogen-bond donors (Lipinski definition) is 1. The summed E-state index contributed by atoms with van der Waals surface area (Å²) in [6.07, 6.45) is 3.37. The summed E-state index contributed by atoms with van der Waals surface area (Å²) in [7, 11) is 0. The van der Waals surface area contributed by atoms with Crippen molar-refractivity contribution >= 4 is 11.8 Å². The Hall–Kier alpha value is -3.58. The van der Waals surface area contributed by atoms with Gasteiger partial charge in [-0.25, -0.2) is 9.78 Å². The van der Waals surface area contributed by atoms with Gasteiger partial charge >= 0.3 is 5.97 Å². The first-order valence-corrected chi connectivity index (χ1v) is 11.1. The number of pyridine rings is 1. The fourth-order valence-corrected chi connectivity index (χ4v) is 3.72. The van der Waals surface area contributed by atoms with E-state index in [0.717, 1.165) is 48.8 Å². The fraction of sp³-hybridized carbons (Fsp3) is 0.308. The topological polar surface area (TPSA) is 81.1 Å². The van der Waals surface area contributed by atoms with E-state index in [2.05, 4.69) is 9.88 Å². The molecule has 0 saturated carbocycles. The molecule has 0 spiro atoms. The van der Waals surface area contributed by atoms with Gasteiger partial charge in [0, 0.05) is 25.4 Å². The highest BCUT2D eigenvalue weighted by molar-refractivity contribution is 5.87. The second-order valence-corrected chi connectivity index (χ2v) is 7.87. The number of carboxylic acids is 1. The molecule has 0 bridgehead atoms. The minimum Gasteiger partial charge on any atom is -0.491 e. The van der Waals surface area contributed by atoms with E-state index >= 15 is 0 Å². The van der Waals surface area contributed by atoms with Crippen molar-refractivity contribution in [1.82, 2.24) is 4.98 Å². The van der Waals surface area contributed by atoms with Crippen molar-refractivity contribution in [2.75, 3.05) is 31.2 Å². The first-order valence-electron chi connectivity index (χ1n) is 11.1. The van der Waals surface area contributed by atoms with E-state index in [1.807, 2.05) is 54.6 Å². The van der Waals surface area contributed by atoms with Gasteiger partial charge in [0.15, 0.2) is 0 Å². The van der Waals surface area contributed by atoms with Gasteiger partial charge in [0.05, 0.1) is 18.3 Å². The molecule has 1 aliphatic heterocycles. The lowest BCUT2D eigenvalue weighted by Crippen LogP contribution is -2.38. The van der Waals surface area contributed by atoms with Crippen molar-refractivity contribution in [2.45, 2.75) is 25.6 Å².